The summed E-state index contributed by atoms with van der Waals surface area (Å²) >= 11 is 5.95. The number of aryl methyl sites for hydroxylation is 2. The Balaban J connectivity index is 2.22. The van der Waals surface area contributed by atoms with E-state index < -0.39 is 10.8 Å². The second-order valence-corrected chi connectivity index (χ2v) is 6.12. The molecule has 0 saturated heterocycles. The van der Waals surface area contributed by atoms with Gasteiger partial charge in [0.25, 0.3) is 0 Å². The maximum Gasteiger partial charge on any atom is 0.0702 e. The Kier molecular flexibility index (Phi) is 4.27. The molecule has 1 aromatic carbocycles. The molecule has 2 aromatic rings. The Morgan fingerprint density at radius 2 is 2.16 bits per heavy atom. The van der Waals surface area contributed by atoms with Crippen LogP contribution in [-0.4, -0.2) is 14.0 Å². The highest BCUT2D eigenvalue weighted by Crippen LogP contribution is 2.23. The minimum absolute atomic E-state index is 0.426. The maximum absolute atomic E-state index is 12.3. The lowest BCUT2D eigenvalue weighted by molar-refractivity contribution is 0.627. The number of anilines is 1. The van der Waals surface area contributed by atoms with E-state index in [4.69, 9.17) is 17.3 Å². The van der Waals surface area contributed by atoms with Crippen LogP contribution in [0.25, 0.3) is 0 Å². The highest BCUT2D eigenvalue weighted by Gasteiger charge is 2.11. The highest BCUT2D eigenvalue weighted by atomic mass is 35.5. The number of hydrogen-bond acceptors (Lipinski definition) is 3. The molecule has 1 heterocycles. The van der Waals surface area contributed by atoms with E-state index in [0.717, 1.165) is 17.9 Å². The summed E-state index contributed by atoms with van der Waals surface area (Å²) in [5.74, 6) is 0.426. The lowest BCUT2D eigenvalue weighted by Crippen LogP contribution is -2.06. The molecular formula is C13H16ClN3OS. The van der Waals surface area contributed by atoms with Crippen LogP contribution < -0.4 is 5.73 Å². The molecule has 0 aliphatic rings. The second kappa shape index (κ2) is 5.75. The summed E-state index contributed by atoms with van der Waals surface area (Å²) in [6.07, 6.45) is 0. The predicted octanol–water partition coefficient (Wildman–Crippen LogP) is 2.75. The SMILES string of the molecule is CCn1nc(C)cc1CS(=O)c1ccc(N)c(Cl)c1. The van der Waals surface area contributed by atoms with Gasteiger partial charge in [0.15, 0.2) is 0 Å². The first-order chi connectivity index (χ1) is 9.01. The van der Waals surface area contributed by atoms with Crippen molar-refractivity contribution in [3.05, 3.63) is 40.7 Å². The van der Waals surface area contributed by atoms with Gasteiger partial charge in [0.1, 0.15) is 0 Å². The van der Waals surface area contributed by atoms with Crippen molar-refractivity contribution < 1.29 is 4.21 Å². The van der Waals surface area contributed by atoms with E-state index in [9.17, 15) is 4.21 Å². The number of halogens is 1. The third-order valence-corrected chi connectivity index (χ3v) is 4.46. The Morgan fingerprint density at radius 3 is 2.79 bits per heavy atom. The number of nitrogens with two attached hydrogens (primary N) is 1. The zero-order chi connectivity index (χ0) is 14.0. The summed E-state index contributed by atoms with van der Waals surface area (Å²) < 4.78 is 14.2. The Hall–Kier alpha value is -1.33. The summed E-state index contributed by atoms with van der Waals surface area (Å²) in [5, 5.41) is 4.78. The van der Waals surface area contributed by atoms with Crippen LogP contribution in [0.5, 0.6) is 0 Å². The molecule has 0 fully saturated rings. The van der Waals surface area contributed by atoms with E-state index in [1.807, 2.05) is 24.6 Å². The van der Waals surface area contributed by atoms with Gasteiger partial charge in [-0.2, -0.15) is 5.10 Å². The molecule has 1 atom stereocenters. The van der Waals surface area contributed by atoms with Gasteiger partial charge < -0.3 is 5.73 Å². The summed E-state index contributed by atoms with van der Waals surface area (Å²) in [6.45, 7) is 4.71. The standard InChI is InChI=1S/C13H16ClN3OS/c1-3-17-10(6-9(2)16-17)8-19(18)11-4-5-13(15)12(14)7-11/h4-7H,3,8,15H2,1-2H3. The molecule has 0 bridgehead atoms. The van der Waals surface area contributed by atoms with Gasteiger partial charge in [0, 0.05) is 11.4 Å². The minimum atomic E-state index is -1.15. The molecule has 2 rings (SSSR count). The molecule has 0 aliphatic heterocycles. The molecule has 2 N–H and O–H groups in total. The van der Waals surface area contributed by atoms with E-state index >= 15 is 0 Å². The topological polar surface area (TPSA) is 60.9 Å². The number of aromatic nitrogens is 2. The van der Waals surface area contributed by atoms with Gasteiger partial charge in [-0.25, -0.2) is 0 Å². The zero-order valence-electron chi connectivity index (χ0n) is 10.9. The van der Waals surface area contributed by atoms with Crippen LogP contribution in [-0.2, 0) is 23.1 Å². The Labute approximate surface area is 120 Å². The van der Waals surface area contributed by atoms with Gasteiger partial charge in [-0.15, -0.1) is 0 Å². The summed E-state index contributed by atoms with van der Waals surface area (Å²) in [4.78, 5) is 0.681. The summed E-state index contributed by atoms with van der Waals surface area (Å²) in [7, 11) is -1.15. The van der Waals surface area contributed by atoms with Crippen LogP contribution in [0.2, 0.25) is 5.02 Å². The average molecular weight is 298 g/mol. The molecule has 0 aliphatic carbocycles. The van der Waals surface area contributed by atoms with Gasteiger partial charge >= 0.3 is 0 Å². The van der Waals surface area contributed by atoms with Gasteiger partial charge in [-0.05, 0) is 38.1 Å². The molecule has 0 spiro atoms. The van der Waals surface area contributed by atoms with Crippen LogP contribution in [0.1, 0.15) is 18.3 Å². The number of benzene rings is 1. The summed E-state index contributed by atoms with van der Waals surface area (Å²) in [5.41, 5.74) is 8.04. The first kappa shape index (κ1) is 14.1. The van der Waals surface area contributed by atoms with Crippen LogP contribution in [0.4, 0.5) is 5.69 Å². The lowest BCUT2D eigenvalue weighted by atomic mass is 10.3. The van der Waals surface area contributed by atoms with E-state index in [2.05, 4.69) is 5.10 Å². The second-order valence-electron chi connectivity index (χ2n) is 4.27. The Morgan fingerprint density at radius 1 is 1.42 bits per heavy atom. The minimum Gasteiger partial charge on any atom is -0.398 e. The van der Waals surface area contributed by atoms with Gasteiger partial charge in [0.05, 0.1) is 38.7 Å². The first-order valence-electron chi connectivity index (χ1n) is 5.98. The van der Waals surface area contributed by atoms with Crippen molar-refractivity contribution >= 4 is 28.1 Å². The third-order valence-electron chi connectivity index (χ3n) is 2.80. The van der Waals surface area contributed by atoms with Crippen LogP contribution >= 0.6 is 11.6 Å². The quantitative estimate of drug-likeness (QED) is 0.883. The molecule has 4 nitrogen and oxygen atoms in total. The van der Waals surface area contributed by atoms with E-state index in [1.54, 1.807) is 18.2 Å². The van der Waals surface area contributed by atoms with Crippen molar-refractivity contribution in [3.8, 4) is 0 Å². The molecule has 1 aromatic heterocycles. The molecule has 102 valence electrons. The van der Waals surface area contributed by atoms with E-state index in [-0.39, 0.29) is 0 Å². The fourth-order valence-electron chi connectivity index (χ4n) is 1.86. The average Bonchev–Trinajstić information content (AvgIpc) is 2.72. The maximum atomic E-state index is 12.3. The number of nitrogen functional groups attached to an aromatic ring is 1. The molecule has 0 saturated carbocycles. The zero-order valence-corrected chi connectivity index (χ0v) is 12.5. The van der Waals surface area contributed by atoms with Crippen LogP contribution in [0, 0.1) is 6.92 Å². The first-order valence-corrected chi connectivity index (χ1v) is 7.67. The Bertz CT molecular complexity index is 624. The molecular weight excluding hydrogens is 282 g/mol. The summed E-state index contributed by atoms with van der Waals surface area (Å²) in [6, 6.07) is 7.04. The largest absolute Gasteiger partial charge is 0.398 e. The van der Waals surface area contributed by atoms with Crippen LogP contribution in [0.3, 0.4) is 0 Å². The van der Waals surface area contributed by atoms with Gasteiger partial charge in [-0.1, -0.05) is 11.6 Å². The number of hydrogen-bond donors (Lipinski definition) is 1. The van der Waals surface area contributed by atoms with Crippen molar-refractivity contribution in [1.29, 1.82) is 0 Å². The molecule has 1 unspecified atom stereocenters. The smallest absolute Gasteiger partial charge is 0.0702 e. The lowest BCUT2D eigenvalue weighted by Gasteiger charge is -2.06. The normalized spacial score (nSPS) is 12.6. The van der Waals surface area contributed by atoms with Crippen molar-refractivity contribution in [3.63, 3.8) is 0 Å². The predicted molar refractivity (Wildman–Crippen MR) is 78.6 cm³/mol. The number of rotatable bonds is 4. The van der Waals surface area contributed by atoms with Crippen molar-refractivity contribution in [1.82, 2.24) is 9.78 Å². The fourth-order valence-corrected chi connectivity index (χ4v) is 3.24. The monoisotopic (exact) mass is 297 g/mol. The van der Waals surface area contributed by atoms with Crippen molar-refractivity contribution in [2.45, 2.75) is 31.0 Å². The van der Waals surface area contributed by atoms with Crippen molar-refractivity contribution in [2.75, 3.05) is 5.73 Å². The van der Waals surface area contributed by atoms with Crippen molar-refractivity contribution in [2.24, 2.45) is 0 Å². The van der Waals surface area contributed by atoms with Gasteiger partial charge in [-0.3, -0.25) is 8.89 Å². The molecule has 19 heavy (non-hydrogen) atoms. The van der Waals surface area contributed by atoms with Crippen LogP contribution in [0.15, 0.2) is 29.2 Å². The number of nitrogens with zero attached hydrogens (tertiary/aromatic N) is 2. The highest BCUT2D eigenvalue weighted by molar-refractivity contribution is 7.84. The van der Waals surface area contributed by atoms with Gasteiger partial charge in [0.2, 0.25) is 0 Å². The molecule has 6 heteroatoms. The molecule has 0 amide bonds. The van der Waals surface area contributed by atoms with E-state index in [1.165, 1.54) is 0 Å². The van der Waals surface area contributed by atoms with E-state index in [0.29, 0.717) is 21.4 Å². The fraction of sp³-hybridized carbons (Fsp3) is 0.308. The molecule has 0 radical (unpaired) electrons. The third kappa shape index (κ3) is 3.16.